The van der Waals surface area contributed by atoms with Crippen molar-refractivity contribution < 1.29 is 14.4 Å². The molecule has 0 spiro atoms. The minimum atomic E-state index is -0.500. The van der Waals surface area contributed by atoms with Gasteiger partial charge in [-0.1, -0.05) is 17.7 Å². The molecule has 1 N–H and O–H groups in total. The van der Waals surface area contributed by atoms with Gasteiger partial charge in [-0.2, -0.15) is 0 Å². The number of phenolic OH excluding ortho intramolecular Hbond substituents is 1. The SMILES string of the molecule is Cc1ccc(O)c(B2OC(C)(C)C(C)(C)O2)c1. The lowest BCUT2D eigenvalue weighted by molar-refractivity contribution is 0.00578. The molecule has 4 heteroatoms. The molecule has 0 saturated carbocycles. The van der Waals surface area contributed by atoms with Gasteiger partial charge in [0.15, 0.2) is 0 Å². The fraction of sp³-hybridized carbons (Fsp3) is 0.538. The van der Waals surface area contributed by atoms with Crippen LogP contribution in [0, 0.1) is 6.92 Å². The first kappa shape index (κ1) is 12.5. The molecule has 3 nitrogen and oxygen atoms in total. The third-order valence-electron chi connectivity index (χ3n) is 3.69. The zero-order valence-corrected chi connectivity index (χ0v) is 11.1. The van der Waals surface area contributed by atoms with Gasteiger partial charge in [-0.05, 0) is 40.7 Å². The predicted molar refractivity (Wildman–Crippen MR) is 68.6 cm³/mol. The molecule has 1 aromatic carbocycles. The molecule has 1 fully saturated rings. The Morgan fingerprint density at radius 1 is 1.06 bits per heavy atom. The van der Waals surface area contributed by atoms with Crippen molar-refractivity contribution >= 4 is 12.6 Å². The number of phenols is 1. The van der Waals surface area contributed by atoms with E-state index in [0.717, 1.165) is 5.56 Å². The third kappa shape index (κ3) is 2.07. The summed E-state index contributed by atoms with van der Waals surface area (Å²) in [5.74, 6) is 0.217. The Hall–Kier alpha value is -0.995. The Morgan fingerprint density at radius 2 is 1.59 bits per heavy atom. The van der Waals surface area contributed by atoms with Crippen LogP contribution in [0.3, 0.4) is 0 Å². The third-order valence-corrected chi connectivity index (χ3v) is 3.69. The molecule has 1 heterocycles. The maximum Gasteiger partial charge on any atom is 0.498 e. The lowest BCUT2D eigenvalue weighted by atomic mass is 9.77. The van der Waals surface area contributed by atoms with Gasteiger partial charge in [0.1, 0.15) is 5.75 Å². The average Bonchev–Trinajstić information content (AvgIpc) is 2.40. The first-order chi connectivity index (χ1) is 7.73. The number of hydrogen-bond acceptors (Lipinski definition) is 3. The molecule has 0 radical (unpaired) electrons. The molecule has 1 aliphatic rings. The van der Waals surface area contributed by atoms with Crippen LogP contribution in [-0.2, 0) is 9.31 Å². The van der Waals surface area contributed by atoms with E-state index in [1.807, 2.05) is 46.8 Å². The molecule has 0 aliphatic carbocycles. The van der Waals surface area contributed by atoms with Crippen LogP contribution in [0.2, 0.25) is 0 Å². The average molecular weight is 234 g/mol. The Bertz CT molecular complexity index is 424. The highest BCUT2D eigenvalue weighted by molar-refractivity contribution is 6.63. The highest BCUT2D eigenvalue weighted by Crippen LogP contribution is 2.37. The van der Waals surface area contributed by atoms with Gasteiger partial charge in [-0.15, -0.1) is 0 Å². The Kier molecular flexibility index (Phi) is 2.75. The molecule has 17 heavy (non-hydrogen) atoms. The van der Waals surface area contributed by atoms with Gasteiger partial charge < -0.3 is 14.4 Å². The fourth-order valence-electron chi connectivity index (χ4n) is 1.83. The van der Waals surface area contributed by atoms with Crippen LogP contribution < -0.4 is 5.46 Å². The quantitative estimate of drug-likeness (QED) is 0.755. The predicted octanol–water partition coefficient (Wildman–Crippen LogP) is 2.00. The van der Waals surface area contributed by atoms with Crippen molar-refractivity contribution in [1.82, 2.24) is 0 Å². The van der Waals surface area contributed by atoms with Gasteiger partial charge >= 0.3 is 7.12 Å². The Balaban J connectivity index is 2.35. The molecule has 1 aliphatic heterocycles. The molecule has 1 aromatic rings. The monoisotopic (exact) mass is 234 g/mol. The van der Waals surface area contributed by atoms with Gasteiger partial charge in [0.2, 0.25) is 0 Å². The van der Waals surface area contributed by atoms with Gasteiger partial charge in [0.25, 0.3) is 0 Å². The van der Waals surface area contributed by atoms with E-state index in [0.29, 0.717) is 5.46 Å². The minimum Gasteiger partial charge on any atom is -0.508 e. The topological polar surface area (TPSA) is 38.7 Å². The van der Waals surface area contributed by atoms with Gasteiger partial charge in [0, 0.05) is 5.46 Å². The molecule has 0 atom stereocenters. The molecule has 0 aromatic heterocycles. The van der Waals surface area contributed by atoms with E-state index in [1.54, 1.807) is 6.07 Å². The zero-order chi connectivity index (χ0) is 12.8. The van der Waals surface area contributed by atoms with Crippen molar-refractivity contribution in [2.45, 2.75) is 45.8 Å². The summed E-state index contributed by atoms with van der Waals surface area (Å²) in [7, 11) is -0.500. The summed E-state index contributed by atoms with van der Waals surface area (Å²) < 4.78 is 11.8. The van der Waals surface area contributed by atoms with E-state index >= 15 is 0 Å². The van der Waals surface area contributed by atoms with Crippen molar-refractivity contribution in [3.8, 4) is 5.75 Å². The van der Waals surface area contributed by atoms with Crippen molar-refractivity contribution in [1.29, 1.82) is 0 Å². The lowest BCUT2D eigenvalue weighted by Gasteiger charge is -2.32. The van der Waals surface area contributed by atoms with Crippen molar-refractivity contribution in [2.75, 3.05) is 0 Å². The van der Waals surface area contributed by atoms with Crippen molar-refractivity contribution in [3.05, 3.63) is 23.8 Å². The van der Waals surface area contributed by atoms with E-state index in [4.69, 9.17) is 9.31 Å². The molecule has 0 amide bonds. The lowest BCUT2D eigenvalue weighted by Crippen LogP contribution is -2.41. The Morgan fingerprint density at radius 3 is 2.12 bits per heavy atom. The molecule has 0 bridgehead atoms. The van der Waals surface area contributed by atoms with Gasteiger partial charge in [-0.3, -0.25) is 0 Å². The zero-order valence-electron chi connectivity index (χ0n) is 11.1. The molecule has 1 saturated heterocycles. The second-order valence-corrected chi connectivity index (χ2v) is 5.65. The van der Waals surface area contributed by atoms with E-state index in [9.17, 15) is 5.11 Å². The molecule has 92 valence electrons. The molecule has 0 unspecified atom stereocenters. The molecular weight excluding hydrogens is 215 g/mol. The van der Waals surface area contributed by atoms with E-state index in [1.165, 1.54) is 0 Å². The fourth-order valence-corrected chi connectivity index (χ4v) is 1.83. The number of aromatic hydroxyl groups is 1. The molecule has 2 rings (SSSR count). The highest BCUT2D eigenvalue weighted by Gasteiger charge is 2.52. The van der Waals surface area contributed by atoms with Crippen LogP contribution in [0.1, 0.15) is 33.3 Å². The normalized spacial score (nSPS) is 21.8. The summed E-state index contributed by atoms with van der Waals surface area (Å²) in [6, 6.07) is 5.44. The second-order valence-electron chi connectivity index (χ2n) is 5.65. The summed E-state index contributed by atoms with van der Waals surface area (Å²) in [4.78, 5) is 0. The highest BCUT2D eigenvalue weighted by atomic mass is 16.7. The standard InChI is InChI=1S/C13H19BO3/c1-9-6-7-11(15)10(8-9)14-16-12(2,3)13(4,5)17-14/h6-8,15H,1-5H3. The smallest absolute Gasteiger partial charge is 0.498 e. The van der Waals surface area contributed by atoms with Crippen LogP contribution in [0.4, 0.5) is 0 Å². The van der Waals surface area contributed by atoms with Crippen molar-refractivity contribution in [3.63, 3.8) is 0 Å². The van der Waals surface area contributed by atoms with Crippen LogP contribution in [0.25, 0.3) is 0 Å². The van der Waals surface area contributed by atoms with Crippen LogP contribution in [0.5, 0.6) is 5.75 Å². The van der Waals surface area contributed by atoms with Crippen molar-refractivity contribution in [2.24, 2.45) is 0 Å². The minimum absolute atomic E-state index is 0.217. The summed E-state index contributed by atoms with van der Waals surface area (Å²) >= 11 is 0. The maximum absolute atomic E-state index is 9.88. The van der Waals surface area contributed by atoms with Gasteiger partial charge in [0.05, 0.1) is 11.2 Å². The summed E-state index contributed by atoms with van der Waals surface area (Å²) in [6.07, 6.45) is 0. The van der Waals surface area contributed by atoms with Crippen LogP contribution in [-0.4, -0.2) is 23.4 Å². The first-order valence-electron chi connectivity index (χ1n) is 5.88. The van der Waals surface area contributed by atoms with Crippen LogP contribution in [0.15, 0.2) is 18.2 Å². The molecular formula is C13H19BO3. The summed E-state index contributed by atoms with van der Waals surface area (Å²) in [5.41, 5.74) is 1.01. The van der Waals surface area contributed by atoms with E-state index in [-0.39, 0.29) is 17.0 Å². The summed E-state index contributed by atoms with van der Waals surface area (Å²) in [6.45, 7) is 9.98. The Labute approximate surface area is 103 Å². The number of rotatable bonds is 1. The number of hydrogen-bond donors (Lipinski definition) is 1. The van der Waals surface area contributed by atoms with E-state index in [2.05, 4.69) is 0 Å². The maximum atomic E-state index is 9.88. The number of benzene rings is 1. The van der Waals surface area contributed by atoms with E-state index < -0.39 is 7.12 Å². The van der Waals surface area contributed by atoms with Gasteiger partial charge in [-0.25, -0.2) is 0 Å². The number of aryl methyl sites for hydroxylation is 1. The first-order valence-corrected chi connectivity index (χ1v) is 5.88. The van der Waals surface area contributed by atoms with Crippen LogP contribution >= 0.6 is 0 Å². The summed E-state index contributed by atoms with van der Waals surface area (Å²) in [5, 5.41) is 9.88. The second kappa shape index (κ2) is 3.75. The largest absolute Gasteiger partial charge is 0.508 e.